The molecule has 0 aromatic carbocycles. The molecule has 1 aromatic rings. The third-order valence-electron chi connectivity index (χ3n) is 1.03. The molecule has 0 aliphatic heterocycles. The molecule has 0 aliphatic rings. The van der Waals surface area contributed by atoms with E-state index in [0.717, 1.165) is 5.56 Å². The van der Waals surface area contributed by atoms with Gasteiger partial charge in [0, 0.05) is 5.88 Å². The maximum absolute atomic E-state index is 5.58. The van der Waals surface area contributed by atoms with Crippen molar-refractivity contribution in [1.82, 2.24) is 4.98 Å². The third-order valence-corrected chi connectivity index (χ3v) is 1.53. The van der Waals surface area contributed by atoms with E-state index >= 15 is 0 Å². The number of nitrogens with two attached hydrogens (primary N) is 1. The summed E-state index contributed by atoms with van der Waals surface area (Å²) in [4.78, 5) is 3.77. The van der Waals surface area contributed by atoms with Crippen LogP contribution in [0.1, 0.15) is 5.56 Å². The van der Waals surface area contributed by atoms with E-state index in [4.69, 9.17) is 28.9 Å². The number of anilines is 1. The number of pyridine rings is 1. The third kappa shape index (κ3) is 1.75. The molecule has 0 saturated carbocycles. The molecule has 2 N–H and O–H groups in total. The molecule has 0 fully saturated rings. The fourth-order valence-corrected chi connectivity index (χ4v) is 1.04. The number of nitrogens with zero attached hydrogens (tertiary/aromatic N) is 1. The first kappa shape index (κ1) is 7.63. The molecule has 0 bridgehead atoms. The van der Waals surface area contributed by atoms with Crippen LogP contribution < -0.4 is 5.73 Å². The van der Waals surface area contributed by atoms with Crippen LogP contribution in [-0.2, 0) is 5.88 Å². The lowest BCUT2D eigenvalue weighted by Gasteiger charge is -1.96. The molecule has 0 saturated heterocycles. The summed E-state index contributed by atoms with van der Waals surface area (Å²) in [6.45, 7) is 0. The van der Waals surface area contributed by atoms with Crippen LogP contribution in [0.25, 0.3) is 0 Å². The standard InChI is InChI=1S/C6H6Cl2N2/c7-3-4-1-5(8)10-6(9)2-4/h1-2H,3H2,(H2,9,10). The van der Waals surface area contributed by atoms with Gasteiger partial charge >= 0.3 is 0 Å². The monoisotopic (exact) mass is 176 g/mol. The first-order valence-corrected chi connectivity index (χ1v) is 3.61. The van der Waals surface area contributed by atoms with E-state index in [0.29, 0.717) is 16.9 Å². The maximum Gasteiger partial charge on any atom is 0.131 e. The molecule has 1 aromatic heterocycles. The zero-order chi connectivity index (χ0) is 7.56. The molecule has 10 heavy (non-hydrogen) atoms. The van der Waals surface area contributed by atoms with Crippen LogP contribution in [-0.4, -0.2) is 4.98 Å². The molecule has 0 spiro atoms. The molecule has 4 heteroatoms. The second kappa shape index (κ2) is 3.08. The Balaban J connectivity index is 3.06. The van der Waals surface area contributed by atoms with Crippen LogP contribution in [0.2, 0.25) is 5.15 Å². The molecule has 0 atom stereocenters. The summed E-state index contributed by atoms with van der Waals surface area (Å²) in [6.07, 6.45) is 0. The van der Waals surface area contributed by atoms with Gasteiger partial charge < -0.3 is 5.73 Å². The molecule has 1 rings (SSSR count). The molecular formula is C6H6Cl2N2. The van der Waals surface area contributed by atoms with Gasteiger partial charge in [-0.3, -0.25) is 0 Å². The van der Waals surface area contributed by atoms with Gasteiger partial charge in [0.05, 0.1) is 0 Å². The quantitative estimate of drug-likeness (QED) is 0.526. The Hall–Kier alpha value is -0.470. The molecule has 54 valence electrons. The largest absolute Gasteiger partial charge is 0.384 e. The summed E-state index contributed by atoms with van der Waals surface area (Å²) in [7, 11) is 0. The molecule has 0 unspecified atom stereocenters. The van der Waals surface area contributed by atoms with E-state index in [1.165, 1.54) is 0 Å². The summed E-state index contributed by atoms with van der Waals surface area (Å²) in [6, 6.07) is 3.38. The first-order valence-electron chi connectivity index (χ1n) is 2.70. The van der Waals surface area contributed by atoms with Crippen molar-refractivity contribution < 1.29 is 0 Å². The van der Waals surface area contributed by atoms with Gasteiger partial charge in [-0.25, -0.2) is 4.98 Å². The van der Waals surface area contributed by atoms with Crippen LogP contribution in [0.5, 0.6) is 0 Å². The van der Waals surface area contributed by atoms with Crippen molar-refractivity contribution in [1.29, 1.82) is 0 Å². The van der Waals surface area contributed by atoms with Crippen molar-refractivity contribution in [3.8, 4) is 0 Å². The zero-order valence-electron chi connectivity index (χ0n) is 5.14. The van der Waals surface area contributed by atoms with Crippen LogP contribution in [0.3, 0.4) is 0 Å². The highest BCUT2D eigenvalue weighted by Gasteiger charge is 1.95. The van der Waals surface area contributed by atoms with Crippen molar-refractivity contribution in [3.05, 3.63) is 22.8 Å². The second-order valence-corrected chi connectivity index (χ2v) is 2.51. The number of alkyl halides is 1. The Morgan fingerprint density at radius 3 is 2.70 bits per heavy atom. The number of rotatable bonds is 1. The molecule has 0 amide bonds. The minimum Gasteiger partial charge on any atom is -0.384 e. The van der Waals surface area contributed by atoms with Crippen molar-refractivity contribution in [2.45, 2.75) is 5.88 Å². The minimum absolute atomic E-state index is 0.385. The van der Waals surface area contributed by atoms with E-state index in [1.54, 1.807) is 12.1 Å². The van der Waals surface area contributed by atoms with Crippen molar-refractivity contribution in [3.63, 3.8) is 0 Å². The van der Waals surface area contributed by atoms with Gasteiger partial charge in [-0.2, -0.15) is 0 Å². The minimum atomic E-state index is 0.385. The smallest absolute Gasteiger partial charge is 0.131 e. The van der Waals surface area contributed by atoms with E-state index in [1.807, 2.05) is 0 Å². The molecule has 1 heterocycles. The van der Waals surface area contributed by atoms with Crippen LogP contribution in [0, 0.1) is 0 Å². The Kier molecular flexibility index (Phi) is 2.35. The predicted molar refractivity (Wildman–Crippen MR) is 43.2 cm³/mol. The van der Waals surface area contributed by atoms with Crippen LogP contribution in [0.4, 0.5) is 5.82 Å². The van der Waals surface area contributed by atoms with Gasteiger partial charge in [-0.05, 0) is 17.7 Å². The fourth-order valence-electron chi connectivity index (χ4n) is 0.650. The summed E-state index contributed by atoms with van der Waals surface area (Å²) >= 11 is 11.1. The predicted octanol–water partition coefficient (Wildman–Crippen LogP) is 2.06. The lowest BCUT2D eigenvalue weighted by Crippen LogP contribution is -1.91. The Morgan fingerprint density at radius 1 is 1.50 bits per heavy atom. The number of hydrogen-bond donors (Lipinski definition) is 1. The highest BCUT2D eigenvalue weighted by atomic mass is 35.5. The highest BCUT2D eigenvalue weighted by molar-refractivity contribution is 6.29. The number of nitrogen functional groups attached to an aromatic ring is 1. The maximum atomic E-state index is 5.58. The molecular weight excluding hydrogens is 171 g/mol. The van der Waals surface area contributed by atoms with E-state index < -0.39 is 0 Å². The summed E-state index contributed by atoms with van der Waals surface area (Å²) < 4.78 is 0. The summed E-state index contributed by atoms with van der Waals surface area (Å²) in [5.74, 6) is 0.815. The van der Waals surface area contributed by atoms with Gasteiger partial charge in [0.25, 0.3) is 0 Å². The van der Waals surface area contributed by atoms with Gasteiger partial charge in [-0.15, -0.1) is 11.6 Å². The first-order chi connectivity index (χ1) is 4.72. The Bertz CT molecular complexity index is 217. The molecule has 2 nitrogen and oxygen atoms in total. The van der Waals surface area contributed by atoms with Gasteiger partial charge in [-0.1, -0.05) is 11.6 Å². The van der Waals surface area contributed by atoms with Crippen molar-refractivity contribution in [2.75, 3.05) is 5.73 Å². The lowest BCUT2D eigenvalue weighted by molar-refractivity contribution is 1.28. The highest BCUT2D eigenvalue weighted by Crippen LogP contribution is 2.13. The molecule has 0 radical (unpaired) electrons. The topological polar surface area (TPSA) is 38.9 Å². The second-order valence-electron chi connectivity index (χ2n) is 1.86. The summed E-state index contributed by atoms with van der Waals surface area (Å²) in [5.41, 5.74) is 6.27. The van der Waals surface area contributed by atoms with Gasteiger partial charge in [0.1, 0.15) is 11.0 Å². The van der Waals surface area contributed by atoms with E-state index in [-0.39, 0.29) is 0 Å². The number of halogens is 2. The average Bonchev–Trinajstić information content (AvgIpc) is 1.85. The number of hydrogen-bond acceptors (Lipinski definition) is 2. The Labute approximate surface area is 69.0 Å². The fraction of sp³-hybridized carbons (Fsp3) is 0.167. The Morgan fingerprint density at radius 2 is 2.20 bits per heavy atom. The van der Waals surface area contributed by atoms with E-state index in [9.17, 15) is 0 Å². The normalized spacial score (nSPS) is 9.80. The number of aromatic nitrogens is 1. The van der Waals surface area contributed by atoms with E-state index in [2.05, 4.69) is 4.98 Å². The zero-order valence-corrected chi connectivity index (χ0v) is 6.65. The van der Waals surface area contributed by atoms with Crippen molar-refractivity contribution >= 4 is 29.0 Å². The van der Waals surface area contributed by atoms with Gasteiger partial charge in [0.2, 0.25) is 0 Å². The van der Waals surface area contributed by atoms with Gasteiger partial charge in [0.15, 0.2) is 0 Å². The molecule has 0 aliphatic carbocycles. The SMILES string of the molecule is Nc1cc(CCl)cc(Cl)n1. The summed E-state index contributed by atoms with van der Waals surface area (Å²) in [5, 5.41) is 0.385. The van der Waals surface area contributed by atoms with Crippen molar-refractivity contribution in [2.24, 2.45) is 0 Å². The lowest BCUT2D eigenvalue weighted by atomic mass is 10.3. The average molecular weight is 177 g/mol. The van der Waals surface area contributed by atoms with Crippen LogP contribution >= 0.6 is 23.2 Å². The van der Waals surface area contributed by atoms with Crippen LogP contribution in [0.15, 0.2) is 12.1 Å².